The van der Waals surface area contributed by atoms with E-state index in [2.05, 4.69) is 4.72 Å². The van der Waals surface area contributed by atoms with Crippen LogP contribution in [0.4, 0.5) is 0 Å². The quantitative estimate of drug-likeness (QED) is 0.241. The van der Waals surface area contributed by atoms with Crippen molar-refractivity contribution in [2.75, 3.05) is 26.0 Å². The van der Waals surface area contributed by atoms with Gasteiger partial charge in [0.15, 0.2) is 5.79 Å². The molecule has 0 amide bonds. The number of ether oxygens (including phenoxy) is 2. The molecule has 0 saturated carbocycles. The van der Waals surface area contributed by atoms with Crippen LogP contribution < -0.4 is 4.72 Å². The third kappa shape index (κ3) is 5.89. The molecular weight excluding hydrogens is 334 g/mol. The molecule has 1 aliphatic rings. The SMILES string of the molecule is C[C@]1(OCCNS(C)(=O)=O)O[C@@H]([C@H](O)[C@@H](O)CO)C[C@H](O)[C@H]1O. The minimum atomic E-state index is -3.39. The Morgan fingerprint density at radius 2 is 2.00 bits per heavy atom. The fraction of sp³-hybridized carbons (Fsp3) is 1.00. The fourth-order valence-electron chi connectivity index (χ4n) is 2.30. The molecule has 0 bridgehead atoms. The summed E-state index contributed by atoms with van der Waals surface area (Å²) in [4.78, 5) is 0. The Morgan fingerprint density at radius 3 is 2.52 bits per heavy atom. The summed E-state index contributed by atoms with van der Waals surface area (Å²) in [6, 6.07) is 0. The first-order valence-electron chi connectivity index (χ1n) is 7.09. The lowest BCUT2D eigenvalue weighted by molar-refractivity contribution is -0.344. The van der Waals surface area contributed by atoms with E-state index in [0.717, 1.165) is 6.26 Å². The third-order valence-corrected chi connectivity index (χ3v) is 4.31. The number of aliphatic hydroxyl groups is 5. The molecule has 6 atom stereocenters. The van der Waals surface area contributed by atoms with Crippen molar-refractivity contribution in [2.45, 2.75) is 49.7 Å². The van der Waals surface area contributed by atoms with Gasteiger partial charge in [-0.15, -0.1) is 0 Å². The second-order valence-corrected chi connectivity index (χ2v) is 7.51. The molecule has 0 aromatic carbocycles. The predicted octanol–water partition coefficient (Wildman–Crippen LogP) is -3.51. The van der Waals surface area contributed by atoms with E-state index >= 15 is 0 Å². The highest BCUT2D eigenvalue weighted by molar-refractivity contribution is 7.88. The first-order valence-corrected chi connectivity index (χ1v) is 8.99. The van der Waals surface area contributed by atoms with Crippen LogP contribution in [0, 0.1) is 0 Å². The molecule has 0 spiro atoms. The summed E-state index contributed by atoms with van der Waals surface area (Å²) >= 11 is 0. The van der Waals surface area contributed by atoms with Crippen molar-refractivity contribution in [2.24, 2.45) is 0 Å². The molecule has 1 rings (SSSR count). The maximum Gasteiger partial charge on any atom is 0.208 e. The molecule has 0 aromatic heterocycles. The number of sulfonamides is 1. The molecule has 11 heteroatoms. The van der Waals surface area contributed by atoms with Crippen LogP contribution in [0.1, 0.15) is 13.3 Å². The van der Waals surface area contributed by atoms with Gasteiger partial charge >= 0.3 is 0 Å². The summed E-state index contributed by atoms with van der Waals surface area (Å²) in [5, 5.41) is 48.1. The van der Waals surface area contributed by atoms with Gasteiger partial charge in [0.25, 0.3) is 0 Å². The maximum atomic E-state index is 11.0. The monoisotopic (exact) mass is 359 g/mol. The summed E-state index contributed by atoms with van der Waals surface area (Å²) in [5.41, 5.74) is 0. The van der Waals surface area contributed by atoms with Crippen molar-refractivity contribution >= 4 is 10.0 Å². The number of hydrogen-bond acceptors (Lipinski definition) is 9. The minimum absolute atomic E-state index is 0.0763. The normalized spacial score (nSPS) is 35.0. The number of nitrogens with one attached hydrogen (secondary N) is 1. The highest BCUT2D eigenvalue weighted by Crippen LogP contribution is 2.32. The lowest BCUT2D eigenvalue weighted by atomic mass is 9.92. The van der Waals surface area contributed by atoms with E-state index in [-0.39, 0.29) is 19.6 Å². The standard InChI is InChI=1S/C12H25NO9S/c1-12(21-4-3-13-23(2,19)20)11(18)7(15)5-9(22-12)10(17)8(16)6-14/h7-11,13-18H,3-6H2,1-2H3/t7-,8-,9+,10+,11+,12-/m0/s1. The molecule has 0 radical (unpaired) electrons. The van der Waals surface area contributed by atoms with Crippen LogP contribution in [0.15, 0.2) is 0 Å². The molecule has 1 saturated heterocycles. The van der Waals surface area contributed by atoms with Crippen LogP contribution in [0.3, 0.4) is 0 Å². The summed E-state index contributed by atoms with van der Waals surface area (Å²) in [5.74, 6) is -1.71. The maximum absolute atomic E-state index is 11.0. The zero-order chi connectivity index (χ0) is 17.8. The summed E-state index contributed by atoms with van der Waals surface area (Å²) in [7, 11) is -3.39. The Bertz CT molecular complexity index is 473. The zero-order valence-electron chi connectivity index (χ0n) is 13.0. The molecule has 1 heterocycles. The predicted molar refractivity (Wildman–Crippen MR) is 77.8 cm³/mol. The van der Waals surface area contributed by atoms with E-state index in [9.17, 15) is 28.8 Å². The molecule has 0 aromatic rings. The Morgan fingerprint density at radius 1 is 1.39 bits per heavy atom. The summed E-state index contributed by atoms with van der Waals surface area (Å²) in [6.07, 6.45) is -5.95. The van der Waals surface area contributed by atoms with E-state index in [1.807, 2.05) is 0 Å². The van der Waals surface area contributed by atoms with E-state index in [0.29, 0.717) is 0 Å². The zero-order valence-corrected chi connectivity index (χ0v) is 13.8. The minimum Gasteiger partial charge on any atom is -0.394 e. The van der Waals surface area contributed by atoms with Gasteiger partial charge in [0.2, 0.25) is 10.0 Å². The van der Waals surface area contributed by atoms with Gasteiger partial charge in [-0.25, -0.2) is 13.1 Å². The molecule has 138 valence electrons. The van der Waals surface area contributed by atoms with Crippen molar-refractivity contribution in [3.8, 4) is 0 Å². The number of rotatable bonds is 8. The highest BCUT2D eigenvalue weighted by Gasteiger charge is 2.49. The highest BCUT2D eigenvalue weighted by atomic mass is 32.2. The fourth-order valence-corrected chi connectivity index (χ4v) is 2.75. The second kappa shape index (κ2) is 8.14. The van der Waals surface area contributed by atoms with E-state index in [1.54, 1.807) is 0 Å². The van der Waals surface area contributed by atoms with Gasteiger partial charge in [-0.2, -0.15) is 0 Å². The smallest absolute Gasteiger partial charge is 0.208 e. The Balaban J connectivity index is 2.69. The van der Waals surface area contributed by atoms with Crippen molar-refractivity contribution in [1.82, 2.24) is 4.72 Å². The largest absolute Gasteiger partial charge is 0.394 e. The van der Waals surface area contributed by atoms with Crippen LogP contribution in [0.5, 0.6) is 0 Å². The van der Waals surface area contributed by atoms with E-state index in [1.165, 1.54) is 6.92 Å². The van der Waals surface area contributed by atoms with Crippen LogP contribution in [0.2, 0.25) is 0 Å². The van der Waals surface area contributed by atoms with Crippen LogP contribution in [-0.2, 0) is 19.5 Å². The van der Waals surface area contributed by atoms with Gasteiger partial charge in [0.05, 0.1) is 31.7 Å². The topological polar surface area (TPSA) is 166 Å². The average Bonchev–Trinajstić information content (AvgIpc) is 2.46. The average molecular weight is 359 g/mol. The Kier molecular flexibility index (Phi) is 7.32. The van der Waals surface area contributed by atoms with Gasteiger partial charge in [-0.1, -0.05) is 0 Å². The second-order valence-electron chi connectivity index (χ2n) is 5.68. The van der Waals surface area contributed by atoms with Crippen LogP contribution in [-0.4, -0.2) is 96.3 Å². The molecule has 23 heavy (non-hydrogen) atoms. The van der Waals surface area contributed by atoms with Gasteiger partial charge < -0.3 is 35.0 Å². The van der Waals surface area contributed by atoms with E-state index in [4.69, 9.17) is 14.6 Å². The van der Waals surface area contributed by atoms with Crippen LogP contribution in [0.25, 0.3) is 0 Å². The molecule has 0 unspecified atom stereocenters. The van der Waals surface area contributed by atoms with Crippen LogP contribution >= 0.6 is 0 Å². The summed E-state index contributed by atoms with van der Waals surface area (Å²) < 4.78 is 34.9. The first-order chi connectivity index (χ1) is 10.5. The van der Waals surface area contributed by atoms with Crippen molar-refractivity contribution in [3.05, 3.63) is 0 Å². The molecule has 1 fully saturated rings. The van der Waals surface area contributed by atoms with Crippen molar-refractivity contribution in [1.29, 1.82) is 0 Å². The summed E-state index contributed by atoms with van der Waals surface area (Å²) in [6.45, 7) is 0.396. The number of aliphatic hydroxyl groups excluding tert-OH is 5. The van der Waals surface area contributed by atoms with Gasteiger partial charge in [0.1, 0.15) is 18.3 Å². The van der Waals surface area contributed by atoms with Gasteiger partial charge in [-0.05, 0) is 6.92 Å². The molecular formula is C12H25NO9S. The molecule has 10 nitrogen and oxygen atoms in total. The third-order valence-electron chi connectivity index (χ3n) is 3.58. The van der Waals surface area contributed by atoms with Gasteiger partial charge in [-0.3, -0.25) is 0 Å². The molecule has 1 aliphatic heterocycles. The number of hydrogen-bond donors (Lipinski definition) is 6. The lowest BCUT2D eigenvalue weighted by Crippen LogP contribution is -2.61. The van der Waals surface area contributed by atoms with Crippen molar-refractivity contribution in [3.63, 3.8) is 0 Å². The Labute approximate surface area is 134 Å². The van der Waals surface area contributed by atoms with Gasteiger partial charge in [0, 0.05) is 13.0 Å². The molecule has 0 aliphatic carbocycles. The lowest BCUT2D eigenvalue weighted by Gasteiger charge is -2.45. The molecule has 6 N–H and O–H groups in total. The first kappa shape index (κ1) is 20.7. The van der Waals surface area contributed by atoms with Crippen molar-refractivity contribution < 1.29 is 43.4 Å². The van der Waals surface area contributed by atoms with E-state index < -0.39 is 52.9 Å². The Hall–Kier alpha value is -0.370.